The van der Waals surface area contributed by atoms with Gasteiger partial charge in [0.2, 0.25) is 0 Å². The Balaban J connectivity index is 1.15. The number of carboxylic acids is 1. The minimum Gasteiger partial charge on any atom is -0.490 e. The van der Waals surface area contributed by atoms with Crippen molar-refractivity contribution in [2.75, 3.05) is 24.7 Å². The summed E-state index contributed by atoms with van der Waals surface area (Å²) in [4.78, 5) is 39.1. The number of rotatable bonds is 11. The zero-order valence-corrected chi connectivity index (χ0v) is 27.4. The molecule has 1 aliphatic heterocycles. The minimum absolute atomic E-state index is 0.0986. The summed E-state index contributed by atoms with van der Waals surface area (Å²) in [6.07, 6.45) is 4.54. The number of aliphatic carboxylic acids is 1. The second kappa shape index (κ2) is 13.7. The largest absolute Gasteiger partial charge is 0.490 e. The van der Waals surface area contributed by atoms with Crippen LogP contribution in [0.3, 0.4) is 0 Å². The van der Waals surface area contributed by atoms with Gasteiger partial charge in [-0.1, -0.05) is 48.3 Å². The molecular formula is C35H34Cl2N4O6. The van der Waals surface area contributed by atoms with Crippen LogP contribution in [0.4, 0.5) is 10.5 Å². The Morgan fingerprint density at radius 3 is 2.68 bits per heavy atom. The molecule has 0 radical (unpaired) electrons. The Morgan fingerprint density at radius 2 is 1.89 bits per heavy atom. The first-order chi connectivity index (χ1) is 22.6. The van der Waals surface area contributed by atoms with Crippen LogP contribution in [0.15, 0.2) is 67.0 Å². The molecule has 1 fully saturated rings. The SMILES string of the molecule is CC[C@H](NC(=O)c1ccc(Cl)c(Cn2cc(-c3cccc4c3[C@H]3C[C@H]3CN4C(=O)OCCOc3cccc(Cl)c3C)cn2)c1)C(=O)O. The van der Waals surface area contributed by atoms with E-state index < -0.39 is 24.0 Å². The van der Waals surface area contributed by atoms with Crippen molar-refractivity contribution in [3.05, 3.63) is 99.3 Å². The van der Waals surface area contributed by atoms with Crippen LogP contribution in [0.5, 0.6) is 5.75 Å². The fraction of sp³-hybridized carbons (Fsp3) is 0.314. The van der Waals surface area contributed by atoms with E-state index in [1.54, 1.807) is 47.0 Å². The molecule has 0 unspecified atom stereocenters. The van der Waals surface area contributed by atoms with Gasteiger partial charge in [-0.2, -0.15) is 5.10 Å². The summed E-state index contributed by atoms with van der Waals surface area (Å²) in [5.41, 5.74) is 5.64. The van der Waals surface area contributed by atoms with Gasteiger partial charge in [-0.25, -0.2) is 9.59 Å². The molecular weight excluding hydrogens is 643 g/mol. The predicted molar refractivity (Wildman–Crippen MR) is 179 cm³/mol. The van der Waals surface area contributed by atoms with E-state index in [9.17, 15) is 19.5 Å². The third-order valence-electron chi connectivity index (χ3n) is 8.69. The van der Waals surface area contributed by atoms with E-state index in [1.807, 2.05) is 43.5 Å². The molecule has 1 aromatic heterocycles. The summed E-state index contributed by atoms with van der Waals surface area (Å²) in [5.74, 6) is -0.207. The van der Waals surface area contributed by atoms with Crippen LogP contribution in [-0.4, -0.2) is 58.7 Å². The second-order valence-electron chi connectivity index (χ2n) is 11.8. The molecule has 4 aromatic rings. The summed E-state index contributed by atoms with van der Waals surface area (Å²) in [5, 5.41) is 17.5. The van der Waals surface area contributed by atoms with Gasteiger partial charge < -0.3 is 19.9 Å². The standard InChI is InChI=1S/C35H34Cl2N4O6/c1-3-29(34(43)44)39-33(42)21-10-11-28(37)23(14-21)17-40-18-24(16-38-40)25-6-4-8-30-32(25)26-15-22(26)19-41(30)35(45)47-13-12-46-31-9-5-7-27(36)20(31)2/h4-11,14,16,18,22,26,29H,3,12-13,15,17,19H2,1-2H3,(H,39,42)(H,43,44)/t22-,26-,29-/m0/s1. The smallest absolute Gasteiger partial charge is 0.414 e. The Labute approximate surface area is 282 Å². The van der Waals surface area contributed by atoms with Crippen molar-refractivity contribution >= 4 is 46.9 Å². The van der Waals surface area contributed by atoms with Gasteiger partial charge in [0.1, 0.15) is 25.0 Å². The fourth-order valence-corrected chi connectivity index (χ4v) is 6.37. The van der Waals surface area contributed by atoms with Gasteiger partial charge in [0, 0.05) is 39.5 Å². The number of carbonyl (C=O) groups excluding carboxylic acids is 2. The van der Waals surface area contributed by atoms with E-state index in [2.05, 4.69) is 10.4 Å². The number of amides is 2. The van der Waals surface area contributed by atoms with E-state index >= 15 is 0 Å². The minimum atomic E-state index is -1.09. The summed E-state index contributed by atoms with van der Waals surface area (Å²) in [7, 11) is 0. The molecule has 2 heterocycles. The van der Waals surface area contributed by atoms with E-state index in [1.165, 1.54) is 0 Å². The van der Waals surface area contributed by atoms with Gasteiger partial charge in [0.25, 0.3) is 5.91 Å². The molecule has 3 atom stereocenters. The van der Waals surface area contributed by atoms with Crippen LogP contribution in [-0.2, 0) is 16.1 Å². The van der Waals surface area contributed by atoms with Crippen molar-refractivity contribution in [1.29, 1.82) is 0 Å². The Morgan fingerprint density at radius 1 is 1.09 bits per heavy atom. The number of hydrogen-bond acceptors (Lipinski definition) is 6. The number of fused-ring (bicyclic) bond motifs is 3. The number of hydrogen-bond donors (Lipinski definition) is 2. The summed E-state index contributed by atoms with van der Waals surface area (Å²) in [6, 6.07) is 15.2. The van der Waals surface area contributed by atoms with E-state index in [4.69, 9.17) is 32.7 Å². The average molecular weight is 678 g/mol. The van der Waals surface area contributed by atoms with Gasteiger partial charge in [-0.3, -0.25) is 14.4 Å². The Kier molecular flexibility index (Phi) is 9.42. The number of anilines is 1. The van der Waals surface area contributed by atoms with Gasteiger partial charge in [0.15, 0.2) is 0 Å². The molecule has 0 saturated heterocycles. The Hall–Kier alpha value is -4.54. The van der Waals surface area contributed by atoms with E-state index in [0.717, 1.165) is 34.4 Å². The van der Waals surface area contributed by atoms with E-state index in [-0.39, 0.29) is 19.6 Å². The molecule has 244 valence electrons. The lowest BCUT2D eigenvalue weighted by Gasteiger charge is -2.29. The van der Waals surface area contributed by atoms with Crippen molar-refractivity contribution < 1.29 is 29.0 Å². The number of nitrogens with one attached hydrogen (secondary N) is 1. The van der Waals surface area contributed by atoms with Gasteiger partial charge in [0.05, 0.1) is 18.4 Å². The number of carbonyl (C=O) groups is 3. The zero-order valence-electron chi connectivity index (χ0n) is 25.9. The molecule has 2 amide bonds. The van der Waals surface area contributed by atoms with Crippen LogP contribution in [0.25, 0.3) is 11.1 Å². The molecule has 6 rings (SSSR count). The Bertz CT molecular complexity index is 1840. The fourth-order valence-electron chi connectivity index (χ4n) is 6.02. The molecule has 0 bridgehead atoms. The summed E-state index contributed by atoms with van der Waals surface area (Å²) < 4.78 is 13.2. The average Bonchev–Trinajstić information content (AvgIpc) is 3.71. The maximum Gasteiger partial charge on any atom is 0.414 e. The number of benzene rings is 3. The van der Waals surface area contributed by atoms with Gasteiger partial charge in [-0.05, 0) is 84.7 Å². The molecule has 2 N–H and O–H groups in total. The van der Waals surface area contributed by atoms with Crippen LogP contribution in [0.2, 0.25) is 10.0 Å². The van der Waals surface area contributed by atoms with Gasteiger partial charge >= 0.3 is 12.1 Å². The molecule has 2 aliphatic rings. The third-order valence-corrected chi connectivity index (χ3v) is 9.46. The topological polar surface area (TPSA) is 123 Å². The van der Waals surface area contributed by atoms with Crippen LogP contribution in [0, 0.1) is 12.8 Å². The number of carboxylic acid groups (broad SMARTS) is 1. The second-order valence-corrected chi connectivity index (χ2v) is 12.6. The highest BCUT2D eigenvalue weighted by molar-refractivity contribution is 6.31. The van der Waals surface area contributed by atoms with Crippen LogP contribution < -0.4 is 15.0 Å². The predicted octanol–water partition coefficient (Wildman–Crippen LogP) is 6.95. The van der Waals surface area contributed by atoms with E-state index in [0.29, 0.717) is 51.8 Å². The zero-order chi connectivity index (χ0) is 33.2. The quantitative estimate of drug-likeness (QED) is 0.165. The lowest BCUT2D eigenvalue weighted by atomic mass is 9.93. The monoisotopic (exact) mass is 676 g/mol. The molecule has 3 aromatic carbocycles. The third kappa shape index (κ3) is 6.94. The summed E-state index contributed by atoms with van der Waals surface area (Å²) in [6.45, 7) is 4.77. The number of halogens is 2. The van der Waals surface area contributed by atoms with Crippen LogP contribution >= 0.6 is 23.2 Å². The highest BCUT2D eigenvalue weighted by atomic mass is 35.5. The lowest BCUT2D eigenvalue weighted by molar-refractivity contribution is -0.139. The number of nitrogens with zero attached hydrogens (tertiary/aromatic N) is 3. The highest BCUT2D eigenvalue weighted by Gasteiger charge is 2.48. The molecule has 0 spiro atoms. The number of aromatic nitrogens is 2. The summed E-state index contributed by atoms with van der Waals surface area (Å²) >= 11 is 12.7. The maximum absolute atomic E-state index is 13.3. The van der Waals surface area contributed by atoms with Crippen molar-refractivity contribution in [1.82, 2.24) is 15.1 Å². The molecule has 47 heavy (non-hydrogen) atoms. The number of ether oxygens (including phenoxy) is 2. The normalized spacial score (nSPS) is 16.9. The maximum atomic E-state index is 13.3. The first-order valence-electron chi connectivity index (χ1n) is 15.4. The van der Waals surface area contributed by atoms with Gasteiger partial charge in [-0.15, -0.1) is 0 Å². The first kappa shape index (κ1) is 32.4. The lowest BCUT2D eigenvalue weighted by Crippen LogP contribution is -2.40. The van der Waals surface area contributed by atoms with Crippen molar-refractivity contribution in [2.24, 2.45) is 5.92 Å². The molecule has 1 saturated carbocycles. The first-order valence-corrected chi connectivity index (χ1v) is 16.2. The van der Waals surface area contributed by atoms with Crippen molar-refractivity contribution in [3.8, 4) is 16.9 Å². The van der Waals surface area contributed by atoms with Crippen molar-refractivity contribution in [2.45, 2.75) is 45.2 Å². The molecule has 10 nitrogen and oxygen atoms in total. The van der Waals surface area contributed by atoms with Crippen molar-refractivity contribution in [3.63, 3.8) is 0 Å². The van der Waals surface area contributed by atoms with Crippen LogP contribution in [0.1, 0.15) is 52.7 Å². The highest BCUT2D eigenvalue weighted by Crippen LogP contribution is 2.57. The molecule has 1 aliphatic carbocycles. The molecule has 12 heteroatoms.